The van der Waals surface area contributed by atoms with Crippen molar-refractivity contribution in [1.82, 2.24) is 4.98 Å². The molecule has 1 heterocycles. The smallest absolute Gasteiger partial charge is 0.347 e. The van der Waals surface area contributed by atoms with Crippen LogP contribution in [0.15, 0.2) is 24.3 Å². The zero-order valence-electron chi connectivity index (χ0n) is 12.1. The Balaban J connectivity index is 1.83. The third-order valence-corrected chi connectivity index (χ3v) is 4.81. The minimum atomic E-state index is -0.976. The van der Waals surface area contributed by atoms with Gasteiger partial charge in [-0.25, -0.2) is 9.78 Å². The summed E-state index contributed by atoms with van der Waals surface area (Å²) in [7, 11) is 0. The van der Waals surface area contributed by atoms with Gasteiger partial charge in [0.2, 0.25) is 0 Å². The molecule has 0 radical (unpaired) electrons. The number of thiazole rings is 1. The Morgan fingerprint density at radius 2 is 2.14 bits per heavy atom. The van der Waals surface area contributed by atoms with Gasteiger partial charge < -0.3 is 5.11 Å². The molecule has 1 aromatic heterocycles. The van der Waals surface area contributed by atoms with E-state index in [9.17, 15) is 14.7 Å². The number of aromatic carboxylic acids is 1. The fraction of sp³-hybridized carbons (Fsp3) is 0.312. The molecule has 1 amide bonds. The summed E-state index contributed by atoms with van der Waals surface area (Å²) in [5.41, 5.74) is 2.15. The van der Waals surface area contributed by atoms with Crippen molar-refractivity contribution >= 4 is 28.3 Å². The maximum absolute atomic E-state index is 12.2. The Labute approximate surface area is 132 Å². The number of carboxylic acids is 1. The molecule has 2 N–H and O–H groups in total. The van der Waals surface area contributed by atoms with Crippen LogP contribution in [0.2, 0.25) is 0 Å². The van der Waals surface area contributed by atoms with Crippen molar-refractivity contribution in [2.24, 2.45) is 0 Å². The van der Waals surface area contributed by atoms with Crippen molar-refractivity contribution in [1.29, 1.82) is 0 Å². The Morgan fingerprint density at radius 1 is 1.36 bits per heavy atom. The van der Waals surface area contributed by atoms with E-state index in [1.807, 2.05) is 19.1 Å². The van der Waals surface area contributed by atoms with Crippen LogP contribution in [0.1, 0.15) is 56.5 Å². The minimum Gasteiger partial charge on any atom is -0.477 e. The van der Waals surface area contributed by atoms with E-state index in [2.05, 4.69) is 10.3 Å². The van der Waals surface area contributed by atoms with E-state index < -0.39 is 5.97 Å². The second kappa shape index (κ2) is 5.88. The van der Waals surface area contributed by atoms with Gasteiger partial charge in [-0.3, -0.25) is 10.1 Å². The predicted octanol–water partition coefficient (Wildman–Crippen LogP) is 3.67. The monoisotopic (exact) mass is 316 g/mol. The highest BCUT2D eigenvalue weighted by molar-refractivity contribution is 7.17. The van der Waals surface area contributed by atoms with Gasteiger partial charge in [0.05, 0.1) is 5.69 Å². The molecule has 0 unspecified atom stereocenters. The fourth-order valence-electron chi connectivity index (χ4n) is 2.45. The van der Waals surface area contributed by atoms with Gasteiger partial charge in [-0.2, -0.15) is 0 Å². The largest absolute Gasteiger partial charge is 0.477 e. The second-order valence-corrected chi connectivity index (χ2v) is 6.49. The van der Waals surface area contributed by atoms with Crippen molar-refractivity contribution < 1.29 is 14.7 Å². The molecule has 1 saturated carbocycles. The Hall–Kier alpha value is -2.21. The van der Waals surface area contributed by atoms with Crippen LogP contribution in [-0.4, -0.2) is 22.0 Å². The highest BCUT2D eigenvalue weighted by Crippen LogP contribution is 2.40. The molecule has 1 aliphatic rings. The zero-order chi connectivity index (χ0) is 15.7. The topological polar surface area (TPSA) is 79.3 Å². The van der Waals surface area contributed by atoms with Crippen LogP contribution < -0.4 is 5.32 Å². The zero-order valence-corrected chi connectivity index (χ0v) is 12.9. The van der Waals surface area contributed by atoms with Gasteiger partial charge in [0.25, 0.3) is 5.91 Å². The molecule has 0 spiro atoms. The summed E-state index contributed by atoms with van der Waals surface area (Å²) in [6, 6.07) is 7.24. The summed E-state index contributed by atoms with van der Waals surface area (Å²) in [6.45, 7) is 1.91. The Morgan fingerprint density at radius 3 is 2.73 bits per heavy atom. The number of carbonyl (C=O) groups excluding carboxylic acids is 1. The molecule has 2 aromatic rings. The van der Waals surface area contributed by atoms with Gasteiger partial charge in [0.15, 0.2) is 5.13 Å². The maximum atomic E-state index is 12.2. The van der Waals surface area contributed by atoms with Gasteiger partial charge in [-0.1, -0.05) is 35.5 Å². The maximum Gasteiger partial charge on any atom is 0.347 e. The molecule has 1 aliphatic carbocycles. The first-order valence-corrected chi connectivity index (χ1v) is 7.98. The number of benzene rings is 1. The van der Waals surface area contributed by atoms with Crippen molar-refractivity contribution in [2.45, 2.75) is 32.1 Å². The normalized spacial score (nSPS) is 14.4. The summed E-state index contributed by atoms with van der Waals surface area (Å²) >= 11 is 1.03. The van der Waals surface area contributed by atoms with Crippen molar-refractivity contribution in [2.75, 3.05) is 5.32 Å². The summed E-state index contributed by atoms with van der Waals surface area (Å²) in [6.07, 6.45) is 3.04. The standard InChI is InChI=1S/C16H16N2O3S/c1-9-4-2-7-11(8-9)14(19)18-16-17-12(10-5-3-6-10)13(22-16)15(20)21/h2,4,7-8,10H,3,5-6H2,1H3,(H,20,21)(H,17,18,19). The van der Waals surface area contributed by atoms with Crippen LogP contribution in [0.5, 0.6) is 0 Å². The van der Waals surface area contributed by atoms with Crippen LogP contribution in [0.3, 0.4) is 0 Å². The summed E-state index contributed by atoms with van der Waals surface area (Å²) in [5, 5.41) is 12.4. The lowest BCUT2D eigenvalue weighted by atomic mass is 9.82. The number of carbonyl (C=O) groups is 2. The molecule has 1 fully saturated rings. The van der Waals surface area contributed by atoms with Crippen LogP contribution in [0.4, 0.5) is 5.13 Å². The van der Waals surface area contributed by atoms with E-state index in [1.165, 1.54) is 0 Å². The lowest BCUT2D eigenvalue weighted by molar-refractivity contribution is 0.0699. The number of carboxylic acid groups (broad SMARTS) is 1. The number of hydrogen-bond acceptors (Lipinski definition) is 4. The van der Waals surface area contributed by atoms with Gasteiger partial charge in [-0.05, 0) is 31.9 Å². The predicted molar refractivity (Wildman–Crippen MR) is 84.8 cm³/mol. The molecule has 114 valence electrons. The van der Waals surface area contributed by atoms with Crippen LogP contribution in [0, 0.1) is 6.92 Å². The van der Waals surface area contributed by atoms with E-state index in [4.69, 9.17) is 0 Å². The van der Waals surface area contributed by atoms with Gasteiger partial charge >= 0.3 is 5.97 Å². The Bertz CT molecular complexity index is 735. The fourth-order valence-corrected chi connectivity index (χ4v) is 3.34. The Kier molecular flexibility index (Phi) is 3.94. The first kappa shape index (κ1) is 14.7. The molecule has 5 nitrogen and oxygen atoms in total. The average molecular weight is 316 g/mol. The summed E-state index contributed by atoms with van der Waals surface area (Å²) in [5.74, 6) is -1.03. The SMILES string of the molecule is Cc1cccc(C(=O)Nc2nc(C3CCC3)c(C(=O)O)s2)c1. The summed E-state index contributed by atoms with van der Waals surface area (Å²) < 4.78 is 0. The van der Waals surface area contributed by atoms with Crippen molar-refractivity contribution in [3.05, 3.63) is 46.0 Å². The third kappa shape index (κ3) is 2.87. The number of hydrogen-bond donors (Lipinski definition) is 2. The van der Waals surface area contributed by atoms with Crippen LogP contribution in [-0.2, 0) is 0 Å². The minimum absolute atomic E-state index is 0.215. The van der Waals surface area contributed by atoms with Crippen LogP contribution in [0.25, 0.3) is 0 Å². The van der Waals surface area contributed by atoms with Crippen molar-refractivity contribution in [3.8, 4) is 0 Å². The quantitative estimate of drug-likeness (QED) is 0.902. The lowest BCUT2D eigenvalue weighted by Gasteiger charge is -2.23. The van der Waals surface area contributed by atoms with Gasteiger partial charge in [0, 0.05) is 11.5 Å². The van der Waals surface area contributed by atoms with Crippen LogP contribution >= 0.6 is 11.3 Å². The summed E-state index contributed by atoms with van der Waals surface area (Å²) in [4.78, 5) is 28.1. The van der Waals surface area contributed by atoms with E-state index in [1.54, 1.807) is 12.1 Å². The molecular formula is C16H16N2O3S. The van der Waals surface area contributed by atoms with E-state index in [0.717, 1.165) is 36.2 Å². The van der Waals surface area contributed by atoms with Gasteiger partial charge in [-0.15, -0.1) is 0 Å². The molecule has 22 heavy (non-hydrogen) atoms. The van der Waals surface area contributed by atoms with E-state index >= 15 is 0 Å². The van der Waals surface area contributed by atoms with E-state index in [0.29, 0.717) is 16.4 Å². The number of amides is 1. The number of aryl methyl sites for hydroxylation is 1. The lowest BCUT2D eigenvalue weighted by Crippen LogP contribution is -2.14. The first-order valence-electron chi connectivity index (χ1n) is 7.16. The highest BCUT2D eigenvalue weighted by atomic mass is 32.1. The highest BCUT2D eigenvalue weighted by Gasteiger charge is 2.29. The molecule has 0 bridgehead atoms. The second-order valence-electron chi connectivity index (χ2n) is 5.49. The molecule has 0 saturated heterocycles. The first-order chi connectivity index (χ1) is 10.5. The number of rotatable bonds is 4. The molecule has 3 rings (SSSR count). The number of aromatic nitrogens is 1. The average Bonchev–Trinajstić information content (AvgIpc) is 2.80. The van der Waals surface area contributed by atoms with Gasteiger partial charge in [0.1, 0.15) is 4.88 Å². The molecule has 0 aliphatic heterocycles. The molecule has 0 atom stereocenters. The number of nitrogens with zero attached hydrogens (tertiary/aromatic N) is 1. The molecular weight excluding hydrogens is 300 g/mol. The molecule has 6 heteroatoms. The number of anilines is 1. The third-order valence-electron chi connectivity index (χ3n) is 3.84. The van der Waals surface area contributed by atoms with E-state index in [-0.39, 0.29) is 16.7 Å². The van der Waals surface area contributed by atoms with Crippen molar-refractivity contribution in [3.63, 3.8) is 0 Å². The molecule has 1 aromatic carbocycles. The number of nitrogens with one attached hydrogen (secondary N) is 1.